The van der Waals surface area contributed by atoms with E-state index < -0.39 is 0 Å². The summed E-state index contributed by atoms with van der Waals surface area (Å²) in [6.07, 6.45) is 3.38. The molecular weight excluding hydrogens is 206 g/mol. The maximum atomic E-state index is 5.25. The fraction of sp³-hybridized carbons (Fsp3) is 0.500. The first-order chi connectivity index (χ1) is 7.35. The molecule has 1 N–H and O–H groups in total. The van der Waals surface area contributed by atoms with Crippen LogP contribution in [0, 0.1) is 0 Å². The van der Waals surface area contributed by atoms with Gasteiger partial charge in [-0.15, -0.1) is 11.8 Å². The van der Waals surface area contributed by atoms with Crippen LogP contribution in [0.4, 0.5) is 0 Å². The summed E-state index contributed by atoms with van der Waals surface area (Å²) in [5.41, 5.74) is 1.47. The molecule has 0 aromatic heterocycles. The molecule has 82 valence electrons. The summed E-state index contributed by atoms with van der Waals surface area (Å²) in [6.45, 7) is 2.25. The quantitative estimate of drug-likeness (QED) is 0.796. The molecule has 0 aliphatic carbocycles. The summed E-state index contributed by atoms with van der Waals surface area (Å²) in [5, 5.41) is 3.41. The lowest BCUT2D eigenvalue weighted by Gasteiger charge is -2.14. The van der Waals surface area contributed by atoms with Crippen molar-refractivity contribution in [2.45, 2.75) is 17.2 Å². The summed E-state index contributed by atoms with van der Waals surface area (Å²) in [4.78, 5) is 1.35. The number of benzene rings is 1. The van der Waals surface area contributed by atoms with Crippen molar-refractivity contribution in [3.8, 4) is 5.75 Å². The summed E-state index contributed by atoms with van der Waals surface area (Å²) in [7, 11) is 1.72. The van der Waals surface area contributed by atoms with Gasteiger partial charge < -0.3 is 10.1 Å². The molecule has 1 aromatic rings. The number of ether oxygens (including phenoxy) is 1. The molecule has 0 amide bonds. The zero-order valence-electron chi connectivity index (χ0n) is 9.25. The van der Waals surface area contributed by atoms with Crippen LogP contribution in [0.15, 0.2) is 23.1 Å². The smallest absolute Gasteiger partial charge is 0.119 e. The number of hydrogen-bond donors (Lipinski definition) is 1. The van der Waals surface area contributed by atoms with Crippen molar-refractivity contribution in [3.05, 3.63) is 23.8 Å². The Morgan fingerprint density at radius 1 is 1.47 bits per heavy atom. The van der Waals surface area contributed by atoms with E-state index in [1.165, 1.54) is 16.9 Å². The van der Waals surface area contributed by atoms with Crippen LogP contribution in [0.25, 0.3) is 0 Å². The second-order valence-corrected chi connectivity index (χ2v) is 4.65. The molecule has 1 unspecified atom stereocenters. The predicted molar refractivity (Wildman–Crippen MR) is 65.0 cm³/mol. The third-order valence-electron chi connectivity index (χ3n) is 2.94. The highest BCUT2D eigenvalue weighted by Crippen LogP contribution is 2.33. The zero-order chi connectivity index (χ0) is 10.7. The van der Waals surface area contributed by atoms with Gasteiger partial charge in [-0.1, -0.05) is 6.07 Å². The Morgan fingerprint density at radius 3 is 2.93 bits per heavy atom. The van der Waals surface area contributed by atoms with E-state index in [1.54, 1.807) is 18.9 Å². The Balaban J connectivity index is 2.29. The lowest BCUT2D eigenvalue weighted by atomic mass is 9.98. The van der Waals surface area contributed by atoms with E-state index in [1.807, 2.05) is 0 Å². The van der Waals surface area contributed by atoms with Gasteiger partial charge in [0.05, 0.1) is 7.11 Å². The lowest BCUT2D eigenvalue weighted by Crippen LogP contribution is -2.08. The third-order valence-corrected chi connectivity index (χ3v) is 3.73. The van der Waals surface area contributed by atoms with Gasteiger partial charge in [-0.3, -0.25) is 0 Å². The predicted octanol–water partition coefficient (Wildman–Crippen LogP) is 2.49. The van der Waals surface area contributed by atoms with Crippen molar-refractivity contribution in [3.63, 3.8) is 0 Å². The lowest BCUT2D eigenvalue weighted by molar-refractivity contribution is 0.413. The SMILES string of the molecule is COc1ccc(C2CCNC2)c(SC)c1. The molecular formula is C12H17NOS. The van der Waals surface area contributed by atoms with Crippen LogP contribution in [0.1, 0.15) is 17.9 Å². The summed E-state index contributed by atoms with van der Waals surface area (Å²) in [5.74, 6) is 1.63. The average Bonchev–Trinajstić information content (AvgIpc) is 2.81. The molecule has 2 nitrogen and oxygen atoms in total. The summed E-state index contributed by atoms with van der Waals surface area (Å²) in [6, 6.07) is 6.41. The van der Waals surface area contributed by atoms with Crippen molar-refractivity contribution >= 4 is 11.8 Å². The molecule has 0 bridgehead atoms. The molecule has 0 radical (unpaired) electrons. The first-order valence-corrected chi connectivity index (χ1v) is 6.50. The fourth-order valence-electron chi connectivity index (χ4n) is 2.08. The Morgan fingerprint density at radius 2 is 2.33 bits per heavy atom. The maximum Gasteiger partial charge on any atom is 0.119 e. The second-order valence-electron chi connectivity index (χ2n) is 3.80. The molecule has 1 aliphatic heterocycles. The molecule has 1 heterocycles. The van der Waals surface area contributed by atoms with Crippen LogP contribution < -0.4 is 10.1 Å². The van der Waals surface area contributed by atoms with Crippen LogP contribution >= 0.6 is 11.8 Å². The van der Waals surface area contributed by atoms with Crippen LogP contribution in [-0.2, 0) is 0 Å². The normalized spacial score (nSPS) is 20.5. The van der Waals surface area contributed by atoms with E-state index in [0.717, 1.165) is 18.8 Å². The van der Waals surface area contributed by atoms with E-state index in [-0.39, 0.29) is 0 Å². The summed E-state index contributed by atoms with van der Waals surface area (Å²) >= 11 is 1.80. The van der Waals surface area contributed by atoms with Gasteiger partial charge in [-0.2, -0.15) is 0 Å². The van der Waals surface area contributed by atoms with E-state index in [0.29, 0.717) is 5.92 Å². The van der Waals surface area contributed by atoms with Gasteiger partial charge >= 0.3 is 0 Å². The first-order valence-electron chi connectivity index (χ1n) is 5.28. The molecule has 2 rings (SSSR count). The molecule has 3 heteroatoms. The highest BCUT2D eigenvalue weighted by molar-refractivity contribution is 7.98. The first kappa shape index (κ1) is 10.8. The van der Waals surface area contributed by atoms with Gasteiger partial charge in [-0.05, 0) is 42.8 Å². The number of rotatable bonds is 3. The van der Waals surface area contributed by atoms with Crippen LogP contribution in [0.2, 0.25) is 0 Å². The van der Waals surface area contributed by atoms with Gasteiger partial charge in [0.25, 0.3) is 0 Å². The second kappa shape index (κ2) is 4.90. The fourth-order valence-corrected chi connectivity index (χ4v) is 2.78. The molecule has 1 atom stereocenters. The average molecular weight is 223 g/mol. The molecule has 1 fully saturated rings. The standard InChI is InChI=1S/C12H17NOS/c1-14-10-3-4-11(12(7-10)15-2)9-5-6-13-8-9/h3-4,7,9,13H,5-6,8H2,1-2H3. The third kappa shape index (κ3) is 2.29. The Bertz CT molecular complexity index is 334. The Hall–Kier alpha value is -0.670. The minimum absolute atomic E-state index is 0.679. The number of hydrogen-bond acceptors (Lipinski definition) is 3. The van der Waals surface area contributed by atoms with Crippen LogP contribution in [0.3, 0.4) is 0 Å². The van der Waals surface area contributed by atoms with Gasteiger partial charge in [-0.25, -0.2) is 0 Å². The van der Waals surface area contributed by atoms with Crippen molar-refractivity contribution in [2.75, 3.05) is 26.5 Å². The van der Waals surface area contributed by atoms with Crippen molar-refractivity contribution < 1.29 is 4.74 Å². The minimum Gasteiger partial charge on any atom is -0.497 e. The largest absolute Gasteiger partial charge is 0.497 e. The van der Waals surface area contributed by atoms with Gasteiger partial charge in [0.1, 0.15) is 5.75 Å². The number of nitrogens with one attached hydrogen (secondary N) is 1. The van der Waals surface area contributed by atoms with Gasteiger partial charge in [0.2, 0.25) is 0 Å². The Kier molecular flexibility index (Phi) is 3.54. The molecule has 15 heavy (non-hydrogen) atoms. The Labute approximate surface area is 95.4 Å². The summed E-state index contributed by atoms with van der Waals surface area (Å²) < 4.78 is 5.25. The van der Waals surface area contributed by atoms with E-state index >= 15 is 0 Å². The highest BCUT2D eigenvalue weighted by Gasteiger charge is 2.19. The van der Waals surface area contributed by atoms with Gasteiger partial charge in [0.15, 0.2) is 0 Å². The van der Waals surface area contributed by atoms with Crippen LogP contribution in [-0.4, -0.2) is 26.5 Å². The zero-order valence-corrected chi connectivity index (χ0v) is 10.1. The highest BCUT2D eigenvalue weighted by atomic mass is 32.2. The monoisotopic (exact) mass is 223 g/mol. The van der Waals surface area contributed by atoms with Crippen molar-refractivity contribution in [1.29, 1.82) is 0 Å². The van der Waals surface area contributed by atoms with E-state index in [4.69, 9.17) is 4.74 Å². The van der Waals surface area contributed by atoms with E-state index in [2.05, 4.69) is 29.8 Å². The van der Waals surface area contributed by atoms with Gasteiger partial charge in [0, 0.05) is 11.4 Å². The van der Waals surface area contributed by atoms with Crippen molar-refractivity contribution in [2.24, 2.45) is 0 Å². The topological polar surface area (TPSA) is 21.3 Å². The van der Waals surface area contributed by atoms with Crippen LogP contribution in [0.5, 0.6) is 5.75 Å². The molecule has 1 aliphatic rings. The molecule has 1 aromatic carbocycles. The minimum atomic E-state index is 0.679. The van der Waals surface area contributed by atoms with E-state index in [9.17, 15) is 0 Å². The molecule has 0 saturated carbocycles. The number of methoxy groups -OCH3 is 1. The van der Waals surface area contributed by atoms with Crippen molar-refractivity contribution in [1.82, 2.24) is 5.32 Å². The maximum absolute atomic E-state index is 5.25. The number of thioether (sulfide) groups is 1. The molecule has 1 saturated heterocycles. The molecule has 0 spiro atoms.